The van der Waals surface area contributed by atoms with Crippen molar-refractivity contribution in [3.05, 3.63) is 53.2 Å². The van der Waals surface area contributed by atoms with Crippen LogP contribution < -0.4 is 5.32 Å². The maximum atomic E-state index is 11.0. The van der Waals surface area contributed by atoms with E-state index in [-0.39, 0.29) is 0 Å². The fourth-order valence-corrected chi connectivity index (χ4v) is 2.06. The number of allylic oxidation sites excluding steroid dienone is 3. The molecule has 1 aromatic rings. The first-order valence-electron chi connectivity index (χ1n) is 6.53. The van der Waals surface area contributed by atoms with Crippen molar-refractivity contribution in [1.82, 2.24) is 5.32 Å². The zero-order chi connectivity index (χ0) is 14.5. The molecule has 0 aromatic heterocycles. The summed E-state index contributed by atoms with van der Waals surface area (Å²) < 4.78 is 0. The van der Waals surface area contributed by atoms with E-state index in [2.05, 4.69) is 23.2 Å². The number of dihydropyridines is 1. The van der Waals surface area contributed by atoms with E-state index in [1.807, 2.05) is 37.3 Å². The number of carboxylic acids is 1. The van der Waals surface area contributed by atoms with Gasteiger partial charge in [-0.15, -0.1) is 0 Å². The molecule has 0 spiro atoms. The van der Waals surface area contributed by atoms with Gasteiger partial charge in [0, 0.05) is 6.54 Å². The van der Waals surface area contributed by atoms with Crippen LogP contribution >= 0.6 is 0 Å². The third-order valence-corrected chi connectivity index (χ3v) is 3.29. The minimum Gasteiger partial charge on any atom is -0.481 e. The van der Waals surface area contributed by atoms with Crippen LogP contribution in [0.1, 0.15) is 30.9 Å². The highest BCUT2D eigenvalue weighted by atomic mass is 16.4. The van der Waals surface area contributed by atoms with E-state index >= 15 is 0 Å². The van der Waals surface area contributed by atoms with Gasteiger partial charge >= 0.3 is 5.97 Å². The Bertz CT molecular complexity index is 627. The summed E-state index contributed by atoms with van der Waals surface area (Å²) in [7, 11) is 0. The molecule has 1 heterocycles. The van der Waals surface area contributed by atoms with Gasteiger partial charge < -0.3 is 10.4 Å². The zero-order valence-corrected chi connectivity index (χ0v) is 11.6. The highest BCUT2D eigenvalue weighted by molar-refractivity contribution is 5.78. The number of rotatable bonds is 3. The van der Waals surface area contributed by atoms with E-state index in [0.717, 1.165) is 28.9 Å². The van der Waals surface area contributed by atoms with Crippen LogP contribution in [0.5, 0.6) is 0 Å². The number of aliphatic carboxylic acids is 1. The molecule has 3 nitrogen and oxygen atoms in total. The van der Waals surface area contributed by atoms with Gasteiger partial charge in [0.15, 0.2) is 0 Å². The van der Waals surface area contributed by atoms with Crippen LogP contribution in [-0.2, 0) is 4.79 Å². The molecule has 1 unspecified atom stereocenters. The Morgan fingerprint density at radius 2 is 2.05 bits per heavy atom. The molecule has 0 bridgehead atoms. The van der Waals surface area contributed by atoms with Gasteiger partial charge in [0.25, 0.3) is 0 Å². The Kier molecular flexibility index (Phi) is 4.27. The first-order chi connectivity index (χ1) is 9.61. The first-order valence-corrected chi connectivity index (χ1v) is 6.53. The molecule has 0 saturated heterocycles. The molecule has 3 heteroatoms. The van der Waals surface area contributed by atoms with Crippen molar-refractivity contribution in [2.45, 2.75) is 19.8 Å². The fraction of sp³-hybridized carbons (Fsp3) is 0.235. The summed E-state index contributed by atoms with van der Waals surface area (Å²) in [6.07, 6.45) is 4.10. The summed E-state index contributed by atoms with van der Waals surface area (Å²) in [6.45, 7) is 4.25. The van der Waals surface area contributed by atoms with Gasteiger partial charge in [0.05, 0.1) is 11.6 Å². The van der Waals surface area contributed by atoms with Crippen LogP contribution in [0.4, 0.5) is 0 Å². The molecule has 2 rings (SSSR count). The van der Waals surface area contributed by atoms with Crippen LogP contribution in [0.2, 0.25) is 0 Å². The highest BCUT2D eigenvalue weighted by Crippen LogP contribution is 2.22. The summed E-state index contributed by atoms with van der Waals surface area (Å²) in [6, 6.07) is 7.66. The van der Waals surface area contributed by atoms with E-state index in [9.17, 15) is 4.79 Å². The Labute approximate surface area is 119 Å². The van der Waals surface area contributed by atoms with Crippen molar-refractivity contribution in [2.75, 3.05) is 6.54 Å². The van der Waals surface area contributed by atoms with E-state index in [4.69, 9.17) is 5.11 Å². The molecule has 1 aromatic carbocycles. The number of hydrogen-bond donors (Lipinski definition) is 2. The predicted molar refractivity (Wildman–Crippen MR) is 80.0 cm³/mol. The smallest absolute Gasteiger partial charge is 0.310 e. The van der Waals surface area contributed by atoms with Gasteiger partial charge in [-0.2, -0.15) is 0 Å². The van der Waals surface area contributed by atoms with Crippen LogP contribution in [-0.4, -0.2) is 17.6 Å². The molecular formula is C17H17NO2. The average molecular weight is 267 g/mol. The lowest BCUT2D eigenvalue weighted by Gasteiger charge is -2.13. The number of benzene rings is 1. The van der Waals surface area contributed by atoms with Gasteiger partial charge in [-0.05, 0) is 42.5 Å². The fourth-order valence-electron chi connectivity index (χ4n) is 2.06. The Hall–Kier alpha value is -2.47. The standard InChI is InChI=1S/C17H17NO2/c1-3-4-16-11-15(9-10-18-16)14-7-5-13(6-8-14)12(2)17(19)20/h5-9,11-12,18H,10H2,1-2H3,(H,19,20). The van der Waals surface area contributed by atoms with Crippen molar-refractivity contribution in [3.63, 3.8) is 0 Å². The summed E-state index contributed by atoms with van der Waals surface area (Å²) >= 11 is 0. The van der Waals surface area contributed by atoms with Gasteiger partial charge in [-0.25, -0.2) is 0 Å². The van der Waals surface area contributed by atoms with Crippen molar-refractivity contribution >= 4 is 11.5 Å². The molecule has 0 fully saturated rings. The second-order valence-electron chi connectivity index (χ2n) is 4.66. The van der Waals surface area contributed by atoms with Crippen LogP contribution in [0.15, 0.2) is 42.1 Å². The molecule has 2 N–H and O–H groups in total. The van der Waals surface area contributed by atoms with Crippen LogP contribution in [0, 0.1) is 11.8 Å². The summed E-state index contributed by atoms with van der Waals surface area (Å²) in [5, 5.41) is 12.2. The molecule has 1 aliphatic rings. The lowest BCUT2D eigenvalue weighted by Crippen LogP contribution is -2.15. The maximum absolute atomic E-state index is 11.0. The van der Waals surface area contributed by atoms with Crippen LogP contribution in [0.3, 0.4) is 0 Å². The van der Waals surface area contributed by atoms with E-state index < -0.39 is 11.9 Å². The number of carboxylic acid groups (broad SMARTS) is 1. The number of nitrogens with one attached hydrogen (secondary N) is 1. The van der Waals surface area contributed by atoms with Crippen LogP contribution in [0.25, 0.3) is 5.57 Å². The molecule has 1 aliphatic heterocycles. The van der Waals surface area contributed by atoms with Crippen molar-refractivity contribution in [3.8, 4) is 11.8 Å². The molecule has 0 radical (unpaired) electrons. The molecular weight excluding hydrogens is 250 g/mol. The lowest BCUT2D eigenvalue weighted by molar-refractivity contribution is -0.138. The third-order valence-electron chi connectivity index (χ3n) is 3.29. The topological polar surface area (TPSA) is 49.3 Å². The largest absolute Gasteiger partial charge is 0.481 e. The molecule has 1 atom stereocenters. The van der Waals surface area contributed by atoms with Gasteiger partial charge in [0.2, 0.25) is 0 Å². The normalized spacial score (nSPS) is 15.1. The van der Waals surface area contributed by atoms with E-state index in [0.29, 0.717) is 0 Å². The quantitative estimate of drug-likeness (QED) is 0.828. The maximum Gasteiger partial charge on any atom is 0.310 e. The van der Waals surface area contributed by atoms with E-state index in [1.54, 1.807) is 6.92 Å². The second kappa shape index (κ2) is 6.12. The molecule has 102 valence electrons. The van der Waals surface area contributed by atoms with E-state index in [1.165, 1.54) is 0 Å². The third kappa shape index (κ3) is 3.10. The van der Waals surface area contributed by atoms with Gasteiger partial charge in [0.1, 0.15) is 0 Å². The lowest BCUT2D eigenvalue weighted by atomic mass is 9.96. The summed E-state index contributed by atoms with van der Waals surface area (Å²) in [5.41, 5.74) is 3.90. The van der Waals surface area contributed by atoms with Crippen molar-refractivity contribution in [1.29, 1.82) is 0 Å². The summed E-state index contributed by atoms with van der Waals surface area (Å²) in [5.74, 6) is 4.59. The second-order valence-corrected chi connectivity index (χ2v) is 4.66. The summed E-state index contributed by atoms with van der Waals surface area (Å²) in [4.78, 5) is 11.0. The monoisotopic (exact) mass is 267 g/mol. The predicted octanol–water partition coefficient (Wildman–Crippen LogP) is 2.77. The zero-order valence-electron chi connectivity index (χ0n) is 11.6. The van der Waals surface area contributed by atoms with Crippen molar-refractivity contribution < 1.29 is 9.90 Å². The number of carbonyl (C=O) groups is 1. The molecule has 0 amide bonds. The molecule has 0 saturated carbocycles. The Balaban J connectivity index is 2.24. The number of hydrogen-bond acceptors (Lipinski definition) is 2. The van der Waals surface area contributed by atoms with Crippen molar-refractivity contribution in [2.24, 2.45) is 0 Å². The Morgan fingerprint density at radius 3 is 2.65 bits per heavy atom. The average Bonchev–Trinajstić information content (AvgIpc) is 2.47. The SMILES string of the molecule is CC#CC1=CC(c2ccc(C(C)C(=O)O)cc2)=CCN1. The molecule has 20 heavy (non-hydrogen) atoms. The Morgan fingerprint density at radius 1 is 1.35 bits per heavy atom. The first kappa shape index (κ1) is 14.0. The molecule has 0 aliphatic carbocycles. The minimum absolute atomic E-state index is 0.483. The van der Waals surface area contributed by atoms with Gasteiger partial charge in [-0.1, -0.05) is 36.3 Å². The minimum atomic E-state index is -0.806. The highest BCUT2D eigenvalue weighted by Gasteiger charge is 2.13. The van der Waals surface area contributed by atoms with Gasteiger partial charge in [-0.3, -0.25) is 4.79 Å².